The lowest BCUT2D eigenvalue weighted by molar-refractivity contribution is -0.143. The summed E-state index contributed by atoms with van der Waals surface area (Å²) in [6.07, 6.45) is -1.97. The first kappa shape index (κ1) is 9.99. The third-order valence-electron chi connectivity index (χ3n) is 1.72. The quantitative estimate of drug-likeness (QED) is 0.801. The van der Waals surface area contributed by atoms with Gasteiger partial charge in [-0.25, -0.2) is 9.18 Å². The zero-order chi connectivity index (χ0) is 10.0. The molecule has 13 heavy (non-hydrogen) atoms. The van der Waals surface area contributed by atoms with E-state index in [4.69, 9.17) is 16.7 Å². The average Bonchev–Trinajstić information content (AvgIpc) is 2.03. The summed E-state index contributed by atoms with van der Waals surface area (Å²) in [6, 6.07) is 4.39. The van der Waals surface area contributed by atoms with Gasteiger partial charge >= 0.3 is 5.97 Å². The summed E-state index contributed by atoms with van der Waals surface area (Å²) in [4.78, 5) is 10.3. The summed E-state index contributed by atoms with van der Waals surface area (Å²) >= 11 is 5.63. The van der Waals surface area contributed by atoms with Crippen LogP contribution < -0.4 is 0 Å². The first-order chi connectivity index (χ1) is 6.02. The van der Waals surface area contributed by atoms with Gasteiger partial charge in [0.25, 0.3) is 0 Å². The van der Waals surface area contributed by atoms with Gasteiger partial charge in [0, 0.05) is 10.6 Å². The second-order valence-corrected chi connectivity index (χ2v) is 3.14. The fraction of sp³-hybridized carbons (Fsp3) is 0.222. The largest absolute Gasteiger partial charge is 0.479 e. The van der Waals surface area contributed by atoms with Gasteiger partial charge in [-0.3, -0.25) is 0 Å². The Morgan fingerprint density at radius 2 is 2.23 bits per heavy atom. The monoisotopic (exact) mass is 202 g/mol. The number of hydrogen-bond donors (Lipinski definition) is 1. The standard InChI is InChI=1S/C9H8ClFO2/c1-5-4-6(10)2-3-7(5)8(11)9(12)13/h2-4,8H,1H3,(H,12,13). The van der Waals surface area contributed by atoms with Crippen molar-refractivity contribution in [3.63, 3.8) is 0 Å². The molecule has 0 aliphatic rings. The Morgan fingerprint density at radius 3 is 2.69 bits per heavy atom. The predicted molar refractivity (Wildman–Crippen MR) is 47.7 cm³/mol. The van der Waals surface area contributed by atoms with Crippen molar-refractivity contribution in [2.45, 2.75) is 13.1 Å². The normalized spacial score (nSPS) is 12.5. The lowest BCUT2D eigenvalue weighted by Gasteiger charge is -2.06. The van der Waals surface area contributed by atoms with Crippen LogP contribution in [0.2, 0.25) is 5.02 Å². The van der Waals surface area contributed by atoms with Gasteiger partial charge in [-0.1, -0.05) is 17.7 Å². The number of aryl methyl sites for hydroxylation is 1. The first-order valence-electron chi connectivity index (χ1n) is 3.65. The van der Waals surface area contributed by atoms with Crippen molar-refractivity contribution in [3.8, 4) is 0 Å². The van der Waals surface area contributed by atoms with Gasteiger partial charge in [0.05, 0.1) is 0 Å². The Bertz CT molecular complexity index is 338. The fourth-order valence-electron chi connectivity index (χ4n) is 1.06. The van der Waals surface area contributed by atoms with E-state index in [9.17, 15) is 9.18 Å². The Labute approximate surface area is 80.0 Å². The highest BCUT2D eigenvalue weighted by atomic mass is 35.5. The van der Waals surface area contributed by atoms with E-state index in [1.807, 2.05) is 0 Å². The van der Waals surface area contributed by atoms with E-state index in [-0.39, 0.29) is 5.56 Å². The van der Waals surface area contributed by atoms with Gasteiger partial charge in [-0.05, 0) is 24.6 Å². The molecule has 0 amide bonds. The van der Waals surface area contributed by atoms with Crippen LogP contribution in [0, 0.1) is 6.92 Å². The number of alkyl halides is 1. The smallest absolute Gasteiger partial charge is 0.343 e. The van der Waals surface area contributed by atoms with Crippen molar-refractivity contribution in [2.75, 3.05) is 0 Å². The molecule has 0 heterocycles. The maximum atomic E-state index is 13.0. The van der Waals surface area contributed by atoms with Crippen molar-refractivity contribution in [1.29, 1.82) is 0 Å². The molecule has 1 rings (SSSR count). The lowest BCUT2D eigenvalue weighted by atomic mass is 10.0. The molecular weight excluding hydrogens is 195 g/mol. The molecule has 0 radical (unpaired) electrons. The summed E-state index contributed by atoms with van der Waals surface area (Å²) in [6.45, 7) is 1.62. The molecule has 1 unspecified atom stereocenters. The molecule has 70 valence electrons. The van der Waals surface area contributed by atoms with Gasteiger partial charge in [-0.2, -0.15) is 0 Å². The third kappa shape index (κ3) is 2.18. The topological polar surface area (TPSA) is 37.3 Å². The molecule has 0 bridgehead atoms. The molecule has 4 heteroatoms. The average molecular weight is 203 g/mol. The molecule has 1 N–H and O–H groups in total. The Kier molecular flexibility index (Phi) is 2.88. The highest BCUT2D eigenvalue weighted by Gasteiger charge is 2.19. The molecule has 0 aromatic heterocycles. The van der Waals surface area contributed by atoms with Crippen LogP contribution in [0.15, 0.2) is 18.2 Å². The van der Waals surface area contributed by atoms with Crippen LogP contribution in [0.25, 0.3) is 0 Å². The second-order valence-electron chi connectivity index (χ2n) is 2.70. The van der Waals surface area contributed by atoms with E-state index in [0.717, 1.165) is 0 Å². The van der Waals surface area contributed by atoms with Crippen LogP contribution in [-0.4, -0.2) is 11.1 Å². The van der Waals surface area contributed by atoms with Crippen molar-refractivity contribution < 1.29 is 14.3 Å². The van der Waals surface area contributed by atoms with Crippen LogP contribution in [0.4, 0.5) is 4.39 Å². The molecule has 1 atom stereocenters. The van der Waals surface area contributed by atoms with E-state index in [1.165, 1.54) is 18.2 Å². The lowest BCUT2D eigenvalue weighted by Crippen LogP contribution is -2.07. The van der Waals surface area contributed by atoms with E-state index in [0.29, 0.717) is 10.6 Å². The SMILES string of the molecule is Cc1cc(Cl)ccc1C(F)C(=O)O. The summed E-state index contributed by atoms with van der Waals surface area (Å²) < 4.78 is 13.0. The number of benzene rings is 1. The minimum absolute atomic E-state index is 0.150. The predicted octanol–water partition coefficient (Wildman–Crippen LogP) is 2.74. The maximum absolute atomic E-state index is 13.0. The van der Waals surface area contributed by atoms with Crippen molar-refractivity contribution >= 4 is 17.6 Å². The van der Waals surface area contributed by atoms with E-state index in [1.54, 1.807) is 6.92 Å². The summed E-state index contributed by atoms with van der Waals surface area (Å²) in [7, 11) is 0. The summed E-state index contributed by atoms with van der Waals surface area (Å²) in [5.41, 5.74) is 0.694. The summed E-state index contributed by atoms with van der Waals surface area (Å²) in [5.74, 6) is -1.48. The van der Waals surface area contributed by atoms with Crippen LogP contribution in [-0.2, 0) is 4.79 Å². The second kappa shape index (κ2) is 3.75. The zero-order valence-electron chi connectivity index (χ0n) is 6.92. The molecule has 2 nitrogen and oxygen atoms in total. The molecular formula is C9H8ClFO2. The van der Waals surface area contributed by atoms with E-state index >= 15 is 0 Å². The molecule has 1 aromatic rings. The number of carbonyl (C=O) groups is 1. The van der Waals surface area contributed by atoms with Gasteiger partial charge in [0.15, 0.2) is 0 Å². The van der Waals surface area contributed by atoms with E-state index in [2.05, 4.69) is 0 Å². The molecule has 0 aliphatic carbocycles. The van der Waals surface area contributed by atoms with Crippen molar-refractivity contribution in [1.82, 2.24) is 0 Å². The van der Waals surface area contributed by atoms with Crippen LogP contribution in [0.5, 0.6) is 0 Å². The van der Waals surface area contributed by atoms with Gasteiger partial charge in [0.2, 0.25) is 6.17 Å². The summed E-state index contributed by atoms with van der Waals surface area (Å²) in [5, 5.41) is 8.89. The van der Waals surface area contributed by atoms with Gasteiger partial charge < -0.3 is 5.11 Å². The molecule has 0 fully saturated rings. The number of carboxylic acids is 1. The number of hydrogen-bond acceptors (Lipinski definition) is 1. The number of carboxylic acid groups (broad SMARTS) is 1. The number of halogens is 2. The Morgan fingerprint density at radius 1 is 1.62 bits per heavy atom. The zero-order valence-corrected chi connectivity index (χ0v) is 7.68. The highest BCUT2D eigenvalue weighted by Crippen LogP contribution is 2.24. The van der Waals surface area contributed by atoms with Crippen molar-refractivity contribution in [3.05, 3.63) is 34.3 Å². The molecule has 1 aromatic carbocycles. The number of aliphatic carboxylic acids is 1. The fourth-order valence-corrected chi connectivity index (χ4v) is 1.28. The Balaban J connectivity index is 3.08. The van der Waals surface area contributed by atoms with Crippen molar-refractivity contribution in [2.24, 2.45) is 0 Å². The third-order valence-corrected chi connectivity index (χ3v) is 1.96. The van der Waals surface area contributed by atoms with Crippen LogP contribution in [0.3, 0.4) is 0 Å². The van der Waals surface area contributed by atoms with Crippen LogP contribution >= 0.6 is 11.6 Å². The first-order valence-corrected chi connectivity index (χ1v) is 4.03. The Hall–Kier alpha value is -1.09. The van der Waals surface area contributed by atoms with Gasteiger partial charge in [0.1, 0.15) is 0 Å². The minimum atomic E-state index is -1.97. The molecule has 0 aliphatic heterocycles. The minimum Gasteiger partial charge on any atom is -0.479 e. The molecule has 0 saturated carbocycles. The van der Waals surface area contributed by atoms with E-state index < -0.39 is 12.1 Å². The molecule has 0 saturated heterocycles. The molecule has 0 spiro atoms. The highest BCUT2D eigenvalue weighted by molar-refractivity contribution is 6.30. The number of rotatable bonds is 2. The maximum Gasteiger partial charge on any atom is 0.343 e. The van der Waals surface area contributed by atoms with Gasteiger partial charge in [-0.15, -0.1) is 0 Å². The van der Waals surface area contributed by atoms with Crippen LogP contribution in [0.1, 0.15) is 17.3 Å².